The van der Waals surface area contributed by atoms with E-state index in [2.05, 4.69) is 31.9 Å². The van der Waals surface area contributed by atoms with Gasteiger partial charge in [-0.1, -0.05) is 50.1 Å². The van der Waals surface area contributed by atoms with Gasteiger partial charge in [0.15, 0.2) is 0 Å². The largest absolute Gasteiger partial charge is 0.489 e. The van der Waals surface area contributed by atoms with E-state index >= 15 is 0 Å². The van der Waals surface area contributed by atoms with Crippen LogP contribution in [-0.4, -0.2) is 24.9 Å². The monoisotopic (exact) mass is 462 g/mol. The summed E-state index contributed by atoms with van der Waals surface area (Å²) in [5.74, 6) is 0.396. The molecule has 6 heteroatoms. The first kappa shape index (κ1) is 19.2. The lowest BCUT2D eigenvalue weighted by Gasteiger charge is -2.10. The number of nitriles is 1. The van der Waals surface area contributed by atoms with Crippen LogP contribution in [0.5, 0.6) is 5.75 Å². The first-order valence-electron chi connectivity index (χ1n) is 7.41. The molecule has 0 aliphatic rings. The molecule has 2 aromatic rings. The fourth-order valence-electron chi connectivity index (χ4n) is 2.01. The Bertz CT molecular complexity index is 837. The maximum absolute atomic E-state index is 11.9. The van der Waals surface area contributed by atoms with E-state index in [9.17, 15) is 4.79 Å². The number of halogens is 2. The molecule has 128 valence electrons. The van der Waals surface area contributed by atoms with Crippen molar-refractivity contribution in [2.75, 3.05) is 14.1 Å². The Kier molecular flexibility index (Phi) is 6.80. The molecule has 2 rings (SSSR count). The number of likely N-dealkylation sites (N-methyl/N-ethyl adjacent to an activating group) is 1. The molecule has 1 amide bonds. The van der Waals surface area contributed by atoms with E-state index < -0.39 is 0 Å². The second-order valence-electron chi connectivity index (χ2n) is 5.46. The number of rotatable bonds is 5. The highest BCUT2D eigenvalue weighted by Gasteiger charge is 2.10. The quantitative estimate of drug-likeness (QED) is 0.473. The minimum absolute atomic E-state index is 0.0949. The van der Waals surface area contributed by atoms with Crippen LogP contribution < -0.4 is 4.74 Å². The Balaban J connectivity index is 2.07. The number of hydrogen-bond donors (Lipinski definition) is 0. The number of hydrogen-bond acceptors (Lipinski definition) is 3. The maximum atomic E-state index is 11.9. The van der Waals surface area contributed by atoms with Crippen molar-refractivity contribution in [3.8, 4) is 11.8 Å². The third-order valence-corrected chi connectivity index (χ3v) is 4.59. The summed E-state index contributed by atoms with van der Waals surface area (Å²) in [6.45, 7) is 0.436. The van der Waals surface area contributed by atoms with Crippen LogP contribution in [0.4, 0.5) is 0 Å². The fraction of sp³-hybridized carbons (Fsp3) is 0.158. The van der Waals surface area contributed by atoms with Crippen molar-refractivity contribution in [3.05, 3.63) is 68.1 Å². The molecule has 0 fully saturated rings. The third-order valence-electron chi connectivity index (χ3n) is 3.36. The van der Waals surface area contributed by atoms with Crippen LogP contribution in [0.15, 0.2) is 57.0 Å². The SMILES string of the molecule is CN(C)C(=O)/C(C#N)=C\c1ccc(OCc2ccc(Br)cc2Br)cc1. The second-order valence-corrected chi connectivity index (χ2v) is 7.23. The van der Waals surface area contributed by atoms with Crippen molar-refractivity contribution >= 4 is 43.8 Å². The summed E-state index contributed by atoms with van der Waals surface area (Å²) in [6, 6.07) is 15.1. The Morgan fingerprint density at radius 3 is 2.44 bits per heavy atom. The van der Waals surface area contributed by atoms with Crippen molar-refractivity contribution in [3.63, 3.8) is 0 Å². The molecular weight excluding hydrogens is 448 g/mol. The Morgan fingerprint density at radius 1 is 1.20 bits per heavy atom. The van der Waals surface area contributed by atoms with Crippen molar-refractivity contribution in [2.45, 2.75) is 6.61 Å². The Morgan fingerprint density at radius 2 is 1.88 bits per heavy atom. The highest BCUT2D eigenvalue weighted by atomic mass is 79.9. The van der Waals surface area contributed by atoms with Gasteiger partial charge in [-0.3, -0.25) is 4.79 Å². The van der Waals surface area contributed by atoms with E-state index in [-0.39, 0.29) is 11.5 Å². The number of benzene rings is 2. The summed E-state index contributed by atoms with van der Waals surface area (Å²) in [6.07, 6.45) is 1.57. The van der Waals surface area contributed by atoms with Crippen LogP contribution in [-0.2, 0) is 11.4 Å². The Labute approximate surface area is 164 Å². The number of ether oxygens (including phenoxy) is 1. The highest BCUT2D eigenvalue weighted by molar-refractivity contribution is 9.11. The van der Waals surface area contributed by atoms with E-state index in [1.807, 2.05) is 48.5 Å². The predicted molar refractivity (Wildman–Crippen MR) is 105 cm³/mol. The van der Waals surface area contributed by atoms with Gasteiger partial charge in [-0.25, -0.2) is 0 Å². The van der Waals surface area contributed by atoms with E-state index in [0.717, 1.165) is 20.1 Å². The molecule has 2 aromatic carbocycles. The second kappa shape index (κ2) is 8.84. The van der Waals surface area contributed by atoms with Gasteiger partial charge in [0.05, 0.1) is 0 Å². The molecule has 0 aliphatic heterocycles. The number of nitrogens with zero attached hydrogens (tertiary/aromatic N) is 2. The molecule has 0 saturated heterocycles. The molecule has 0 aromatic heterocycles. The van der Waals surface area contributed by atoms with Crippen LogP contribution in [0.1, 0.15) is 11.1 Å². The average Bonchev–Trinajstić information content (AvgIpc) is 2.59. The van der Waals surface area contributed by atoms with E-state index in [1.54, 1.807) is 20.2 Å². The van der Waals surface area contributed by atoms with Crippen molar-refractivity contribution < 1.29 is 9.53 Å². The topological polar surface area (TPSA) is 53.3 Å². The highest BCUT2D eigenvalue weighted by Crippen LogP contribution is 2.24. The molecule has 0 bridgehead atoms. The van der Waals surface area contributed by atoms with Gasteiger partial charge >= 0.3 is 0 Å². The van der Waals surface area contributed by atoms with Gasteiger partial charge in [-0.05, 0) is 35.9 Å². The zero-order valence-corrected chi connectivity index (χ0v) is 17.0. The molecule has 0 unspecified atom stereocenters. The number of amides is 1. The molecule has 0 atom stereocenters. The summed E-state index contributed by atoms with van der Waals surface area (Å²) in [5.41, 5.74) is 1.90. The van der Waals surface area contributed by atoms with E-state index in [0.29, 0.717) is 12.4 Å². The van der Waals surface area contributed by atoms with Crippen LogP contribution in [0.2, 0.25) is 0 Å². The van der Waals surface area contributed by atoms with Gasteiger partial charge in [-0.15, -0.1) is 0 Å². The van der Waals surface area contributed by atoms with Gasteiger partial charge in [0.25, 0.3) is 5.91 Å². The minimum atomic E-state index is -0.317. The van der Waals surface area contributed by atoms with Gasteiger partial charge in [-0.2, -0.15) is 5.26 Å². The van der Waals surface area contributed by atoms with Crippen LogP contribution in [0.25, 0.3) is 6.08 Å². The molecule has 0 aliphatic carbocycles. The van der Waals surface area contributed by atoms with Crippen molar-refractivity contribution in [2.24, 2.45) is 0 Å². The first-order chi connectivity index (χ1) is 11.9. The number of carbonyl (C=O) groups excluding carboxylic acids is 1. The van der Waals surface area contributed by atoms with Gasteiger partial charge in [0.1, 0.15) is 24.0 Å². The van der Waals surface area contributed by atoms with E-state index in [4.69, 9.17) is 10.00 Å². The van der Waals surface area contributed by atoms with Gasteiger partial charge < -0.3 is 9.64 Å². The van der Waals surface area contributed by atoms with Crippen molar-refractivity contribution in [1.82, 2.24) is 4.90 Å². The normalized spacial score (nSPS) is 10.9. The zero-order valence-electron chi connectivity index (χ0n) is 13.8. The lowest BCUT2D eigenvalue weighted by molar-refractivity contribution is -0.124. The smallest absolute Gasteiger partial charge is 0.264 e. The summed E-state index contributed by atoms with van der Waals surface area (Å²) in [5, 5.41) is 9.12. The summed E-state index contributed by atoms with van der Waals surface area (Å²) < 4.78 is 7.75. The standard InChI is InChI=1S/C19H16Br2N2O2/c1-23(2)19(24)15(11-22)9-13-3-7-17(8-4-13)25-12-14-5-6-16(20)10-18(14)21/h3-10H,12H2,1-2H3/b15-9-. The molecule has 0 heterocycles. The van der Waals surface area contributed by atoms with Crippen molar-refractivity contribution in [1.29, 1.82) is 5.26 Å². The lowest BCUT2D eigenvalue weighted by Crippen LogP contribution is -2.22. The van der Waals surface area contributed by atoms with Crippen LogP contribution in [0.3, 0.4) is 0 Å². The summed E-state index contributed by atoms with van der Waals surface area (Å²) in [7, 11) is 3.23. The predicted octanol–water partition coefficient (Wildman–Crippen LogP) is 4.79. The molecule has 4 nitrogen and oxygen atoms in total. The third kappa shape index (κ3) is 5.45. The number of carbonyl (C=O) groups is 1. The molecule has 25 heavy (non-hydrogen) atoms. The molecule has 0 saturated carbocycles. The molecule has 0 N–H and O–H groups in total. The van der Waals surface area contributed by atoms with Crippen LogP contribution >= 0.6 is 31.9 Å². The fourth-order valence-corrected chi connectivity index (χ4v) is 3.17. The summed E-state index contributed by atoms with van der Waals surface area (Å²) >= 11 is 6.93. The Hall–Kier alpha value is -2.10. The zero-order chi connectivity index (χ0) is 18.4. The van der Waals surface area contributed by atoms with Gasteiger partial charge in [0, 0.05) is 28.6 Å². The summed E-state index contributed by atoms with van der Waals surface area (Å²) in [4.78, 5) is 13.2. The van der Waals surface area contributed by atoms with E-state index in [1.165, 1.54) is 4.90 Å². The molecule has 0 radical (unpaired) electrons. The van der Waals surface area contributed by atoms with Crippen LogP contribution in [0, 0.1) is 11.3 Å². The maximum Gasteiger partial charge on any atom is 0.264 e. The molecule has 0 spiro atoms. The molecular formula is C19H16Br2N2O2. The lowest BCUT2D eigenvalue weighted by atomic mass is 10.1. The minimum Gasteiger partial charge on any atom is -0.489 e. The average molecular weight is 464 g/mol. The van der Waals surface area contributed by atoms with Gasteiger partial charge in [0.2, 0.25) is 0 Å². The first-order valence-corrected chi connectivity index (χ1v) is 8.99.